The van der Waals surface area contributed by atoms with Gasteiger partial charge in [-0.25, -0.2) is 4.52 Å². The first-order valence-corrected chi connectivity index (χ1v) is 6.83. The molecular weight excluding hydrogens is 223 g/mol. The van der Waals surface area contributed by atoms with Crippen LogP contribution in [0.2, 0.25) is 0 Å². The third-order valence-electron chi connectivity index (χ3n) is 3.14. The standard InChI is InChI=1S/C12H15O3P/c13-16(14)15-12-9-5-4-8-11(12)10-6-2-1-3-7-10/h4-5,8-10H,1-3,6-7H2/p+1. The van der Waals surface area contributed by atoms with Crippen LogP contribution >= 0.6 is 8.25 Å². The molecule has 0 aliphatic heterocycles. The van der Waals surface area contributed by atoms with Crippen LogP contribution in [0, 0.1) is 0 Å². The minimum atomic E-state index is -2.56. The van der Waals surface area contributed by atoms with Gasteiger partial charge in [-0.15, -0.1) is 4.89 Å². The molecule has 2 rings (SSSR count). The minimum Gasteiger partial charge on any atom is -0.229 e. The fraction of sp³-hybridized carbons (Fsp3) is 0.500. The molecule has 16 heavy (non-hydrogen) atoms. The molecule has 1 saturated carbocycles. The molecule has 1 unspecified atom stereocenters. The molecule has 86 valence electrons. The molecule has 0 radical (unpaired) electrons. The topological polar surface area (TPSA) is 46.5 Å². The van der Waals surface area contributed by atoms with E-state index in [2.05, 4.69) is 0 Å². The Hall–Kier alpha value is -0.920. The lowest BCUT2D eigenvalue weighted by molar-refractivity contribution is 0.397. The predicted molar refractivity (Wildman–Crippen MR) is 62.7 cm³/mol. The lowest BCUT2D eigenvalue weighted by Crippen LogP contribution is -2.05. The van der Waals surface area contributed by atoms with Gasteiger partial charge in [0.25, 0.3) is 0 Å². The van der Waals surface area contributed by atoms with Crippen LogP contribution < -0.4 is 4.52 Å². The van der Waals surface area contributed by atoms with Gasteiger partial charge >= 0.3 is 8.25 Å². The number of para-hydroxylation sites is 1. The Morgan fingerprint density at radius 1 is 1.19 bits per heavy atom. The Kier molecular flexibility index (Phi) is 3.92. The van der Waals surface area contributed by atoms with Crippen molar-refractivity contribution < 1.29 is 14.0 Å². The van der Waals surface area contributed by atoms with Crippen LogP contribution in [0.1, 0.15) is 43.6 Å². The van der Waals surface area contributed by atoms with Crippen molar-refractivity contribution in [2.45, 2.75) is 38.0 Å². The quantitative estimate of drug-likeness (QED) is 0.817. The van der Waals surface area contributed by atoms with Crippen LogP contribution in [-0.2, 0) is 4.57 Å². The molecule has 0 heterocycles. The van der Waals surface area contributed by atoms with E-state index in [1.807, 2.05) is 18.2 Å². The van der Waals surface area contributed by atoms with Crippen LogP contribution in [0.5, 0.6) is 5.75 Å². The SMILES string of the molecule is O=[P+](O)Oc1ccccc1C1CCCCC1. The first-order valence-electron chi connectivity index (χ1n) is 5.70. The zero-order valence-electron chi connectivity index (χ0n) is 9.13. The monoisotopic (exact) mass is 239 g/mol. The molecular formula is C12H16O3P+. The van der Waals surface area contributed by atoms with Crippen molar-refractivity contribution in [1.29, 1.82) is 0 Å². The van der Waals surface area contributed by atoms with Gasteiger partial charge in [-0.3, -0.25) is 0 Å². The van der Waals surface area contributed by atoms with Crippen molar-refractivity contribution in [2.75, 3.05) is 0 Å². The molecule has 1 atom stereocenters. The number of rotatable bonds is 3. The van der Waals surface area contributed by atoms with Gasteiger partial charge in [-0.1, -0.05) is 37.5 Å². The van der Waals surface area contributed by atoms with Gasteiger partial charge in [-0.05, 0) is 24.8 Å². The number of hydrogen-bond donors (Lipinski definition) is 1. The average Bonchev–Trinajstić information content (AvgIpc) is 2.30. The summed E-state index contributed by atoms with van der Waals surface area (Å²) in [4.78, 5) is 8.82. The summed E-state index contributed by atoms with van der Waals surface area (Å²) >= 11 is 0. The first kappa shape index (κ1) is 11.6. The zero-order chi connectivity index (χ0) is 11.4. The highest BCUT2D eigenvalue weighted by Crippen LogP contribution is 2.39. The Morgan fingerprint density at radius 3 is 2.56 bits per heavy atom. The summed E-state index contributed by atoms with van der Waals surface area (Å²) in [6.07, 6.45) is 6.09. The van der Waals surface area contributed by atoms with Crippen LogP contribution in [0.15, 0.2) is 24.3 Å². The van der Waals surface area contributed by atoms with Crippen LogP contribution in [0.25, 0.3) is 0 Å². The van der Waals surface area contributed by atoms with Gasteiger partial charge < -0.3 is 0 Å². The third kappa shape index (κ3) is 2.81. The van der Waals surface area contributed by atoms with Gasteiger partial charge in [0.15, 0.2) is 5.75 Å². The smallest absolute Gasteiger partial charge is 0.229 e. The summed E-state index contributed by atoms with van der Waals surface area (Å²) in [6, 6.07) is 7.57. The molecule has 3 nitrogen and oxygen atoms in total. The van der Waals surface area contributed by atoms with E-state index in [1.165, 1.54) is 19.3 Å². The molecule has 0 bridgehead atoms. The highest BCUT2D eigenvalue weighted by Gasteiger charge is 2.23. The largest absolute Gasteiger partial charge is 0.747 e. The highest BCUT2D eigenvalue weighted by atomic mass is 31.1. The predicted octanol–water partition coefficient (Wildman–Crippen LogP) is 3.76. The Balaban J connectivity index is 2.20. The molecule has 0 saturated heterocycles. The maximum Gasteiger partial charge on any atom is 0.747 e. The summed E-state index contributed by atoms with van der Waals surface area (Å²) in [5, 5.41) is 0. The van der Waals surface area contributed by atoms with Gasteiger partial charge in [0.1, 0.15) is 0 Å². The van der Waals surface area contributed by atoms with Gasteiger partial charge in [0, 0.05) is 10.1 Å². The Bertz CT molecular complexity index is 372. The summed E-state index contributed by atoms with van der Waals surface area (Å²) in [6.45, 7) is 0. The van der Waals surface area contributed by atoms with Crippen molar-refractivity contribution in [2.24, 2.45) is 0 Å². The third-order valence-corrected chi connectivity index (χ3v) is 3.49. The van der Waals surface area contributed by atoms with Crippen LogP contribution in [-0.4, -0.2) is 4.89 Å². The first-order chi connectivity index (χ1) is 7.77. The fourth-order valence-electron chi connectivity index (χ4n) is 2.40. The van der Waals surface area contributed by atoms with Crippen molar-refractivity contribution in [1.82, 2.24) is 0 Å². The molecule has 1 aromatic rings. The molecule has 1 aromatic carbocycles. The minimum absolute atomic E-state index is 0.486. The van der Waals surface area contributed by atoms with Crippen molar-refractivity contribution in [3.63, 3.8) is 0 Å². The van der Waals surface area contributed by atoms with Crippen LogP contribution in [0.3, 0.4) is 0 Å². The highest BCUT2D eigenvalue weighted by molar-refractivity contribution is 7.32. The Labute approximate surface area is 96.4 Å². The summed E-state index contributed by atoms with van der Waals surface area (Å²) in [5.41, 5.74) is 1.08. The Morgan fingerprint density at radius 2 is 1.88 bits per heavy atom. The van der Waals surface area contributed by atoms with Crippen molar-refractivity contribution in [3.05, 3.63) is 29.8 Å². The van der Waals surface area contributed by atoms with Crippen molar-refractivity contribution >= 4 is 8.25 Å². The summed E-state index contributed by atoms with van der Waals surface area (Å²) in [7, 11) is -2.56. The van der Waals surface area contributed by atoms with E-state index in [0.29, 0.717) is 11.7 Å². The van der Waals surface area contributed by atoms with E-state index < -0.39 is 8.25 Å². The van der Waals surface area contributed by atoms with E-state index in [1.54, 1.807) is 6.07 Å². The molecule has 1 aliphatic carbocycles. The molecule has 0 spiro atoms. The maximum atomic E-state index is 10.7. The van der Waals surface area contributed by atoms with Crippen LogP contribution in [0.4, 0.5) is 0 Å². The molecule has 0 amide bonds. The number of hydrogen-bond acceptors (Lipinski definition) is 2. The van der Waals surface area contributed by atoms with E-state index >= 15 is 0 Å². The van der Waals surface area contributed by atoms with E-state index in [0.717, 1.165) is 18.4 Å². The van der Waals surface area contributed by atoms with Gasteiger partial charge in [-0.2, -0.15) is 0 Å². The molecule has 1 fully saturated rings. The molecule has 1 aliphatic rings. The fourth-order valence-corrected chi connectivity index (χ4v) is 2.73. The van der Waals surface area contributed by atoms with E-state index in [9.17, 15) is 4.57 Å². The second-order valence-electron chi connectivity index (χ2n) is 4.20. The molecule has 1 N–H and O–H groups in total. The summed E-state index contributed by atoms with van der Waals surface area (Å²) in [5.74, 6) is 1.05. The molecule has 0 aromatic heterocycles. The summed E-state index contributed by atoms with van der Waals surface area (Å²) < 4.78 is 15.7. The zero-order valence-corrected chi connectivity index (χ0v) is 10.0. The number of benzene rings is 1. The van der Waals surface area contributed by atoms with Crippen molar-refractivity contribution in [3.8, 4) is 5.75 Å². The lowest BCUT2D eigenvalue weighted by atomic mass is 9.84. The van der Waals surface area contributed by atoms with E-state index in [4.69, 9.17) is 9.42 Å². The molecule has 4 heteroatoms. The average molecular weight is 239 g/mol. The second kappa shape index (κ2) is 5.42. The second-order valence-corrected chi connectivity index (χ2v) is 4.86. The van der Waals surface area contributed by atoms with Gasteiger partial charge in [0.2, 0.25) is 0 Å². The maximum absolute atomic E-state index is 10.7. The van der Waals surface area contributed by atoms with E-state index in [-0.39, 0.29) is 0 Å². The van der Waals surface area contributed by atoms with Gasteiger partial charge in [0.05, 0.1) is 0 Å². The normalized spacial score (nSPS) is 18.2. The lowest BCUT2D eigenvalue weighted by Gasteiger charge is -2.22.